The molecule has 1 rings (SSSR count). The van der Waals surface area contributed by atoms with E-state index in [1.807, 2.05) is 12.1 Å². The first-order chi connectivity index (χ1) is 9.54. The molecule has 0 fully saturated rings. The van der Waals surface area contributed by atoms with Gasteiger partial charge in [-0.3, -0.25) is 4.90 Å². The maximum atomic E-state index is 5.24. The minimum atomic E-state index is 0.338. The Morgan fingerprint density at radius 3 is 2.20 bits per heavy atom. The Balaban J connectivity index is 2.91. The molecular weight excluding hydrogens is 248 g/mol. The number of benzene rings is 1. The van der Waals surface area contributed by atoms with Crippen LogP contribution in [0.15, 0.2) is 24.3 Å². The molecule has 1 aromatic rings. The molecule has 0 bridgehead atoms. The van der Waals surface area contributed by atoms with Gasteiger partial charge in [0.1, 0.15) is 5.75 Å². The van der Waals surface area contributed by atoms with Crippen LogP contribution in [0.1, 0.15) is 45.7 Å². The van der Waals surface area contributed by atoms with Crippen LogP contribution in [0.4, 0.5) is 0 Å². The van der Waals surface area contributed by atoms with Crippen molar-refractivity contribution < 1.29 is 4.74 Å². The van der Waals surface area contributed by atoms with Crippen molar-refractivity contribution in [1.29, 1.82) is 0 Å². The molecule has 3 unspecified atom stereocenters. The minimum absolute atomic E-state index is 0.338. The average molecular weight is 278 g/mol. The zero-order valence-corrected chi connectivity index (χ0v) is 13.8. The summed E-state index contributed by atoms with van der Waals surface area (Å²) in [6.45, 7) is 9.95. The molecule has 0 saturated heterocycles. The Morgan fingerprint density at radius 1 is 1.15 bits per heavy atom. The number of nitrogens with one attached hydrogen (secondary N) is 1. The summed E-state index contributed by atoms with van der Waals surface area (Å²) in [5.41, 5.74) is 1.32. The fraction of sp³-hybridized carbons (Fsp3) is 0.647. The van der Waals surface area contributed by atoms with E-state index in [2.05, 4.69) is 57.1 Å². The average Bonchev–Trinajstić information content (AvgIpc) is 2.50. The van der Waals surface area contributed by atoms with Gasteiger partial charge in [-0.25, -0.2) is 0 Å². The highest BCUT2D eigenvalue weighted by Gasteiger charge is 2.24. The van der Waals surface area contributed by atoms with E-state index in [1.54, 1.807) is 7.11 Å². The van der Waals surface area contributed by atoms with Crippen LogP contribution in [0.3, 0.4) is 0 Å². The second-order valence-electron chi connectivity index (χ2n) is 5.47. The first kappa shape index (κ1) is 17.0. The van der Waals surface area contributed by atoms with Gasteiger partial charge in [0.05, 0.1) is 7.11 Å². The van der Waals surface area contributed by atoms with Gasteiger partial charge in [-0.2, -0.15) is 0 Å². The van der Waals surface area contributed by atoms with Crippen LogP contribution in [0.25, 0.3) is 0 Å². The molecule has 0 aromatic heterocycles. The topological polar surface area (TPSA) is 24.5 Å². The zero-order chi connectivity index (χ0) is 15.1. The number of ether oxygens (including phenoxy) is 1. The molecule has 0 aliphatic carbocycles. The van der Waals surface area contributed by atoms with Crippen LogP contribution in [0.5, 0.6) is 5.75 Å². The Bertz CT molecular complexity index is 377. The highest BCUT2D eigenvalue weighted by molar-refractivity contribution is 5.29. The van der Waals surface area contributed by atoms with Gasteiger partial charge in [0.25, 0.3) is 0 Å². The molecule has 0 aliphatic heterocycles. The van der Waals surface area contributed by atoms with E-state index in [9.17, 15) is 0 Å². The number of hydrogen-bond acceptors (Lipinski definition) is 3. The number of likely N-dealkylation sites (N-methyl/N-ethyl adjacent to an activating group) is 2. The smallest absolute Gasteiger partial charge is 0.118 e. The molecule has 114 valence electrons. The SMILES string of the molecule is CCNC(c1ccc(OC)cc1)C(C)N(C)C(C)CC. The number of nitrogens with zero attached hydrogens (tertiary/aromatic N) is 1. The molecule has 3 heteroatoms. The first-order valence-corrected chi connectivity index (χ1v) is 7.64. The lowest BCUT2D eigenvalue weighted by molar-refractivity contribution is 0.156. The number of rotatable bonds is 8. The molecule has 1 N–H and O–H groups in total. The third-order valence-electron chi connectivity index (χ3n) is 4.31. The van der Waals surface area contributed by atoms with Gasteiger partial charge >= 0.3 is 0 Å². The lowest BCUT2D eigenvalue weighted by atomic mass is 9.98. The van der Waals surface area contributed by atoms with Crippen molar-refractivity contribution in [2.24, 2.45) is 0 Å². The van der Waals surface area contributed by atoms with Crippen molar-refractivity contribution >= 4 is 0 Å². The molecule has 0 spiro atoms. The summed E-state index contributed by atoms with van der Waals surface area (Å²) in [4.78, 5) is 2.46. The van der Waals surface area contributed by atoms with E-state index in [-0.39, 0.29) is 0 Å². The van der Waals surface area contributed by atoms with E-state index in [0.717, 1.165) is 12.3 Å². The number of methoxy groups -OCH3 is 1. The third-order valence-corrected chi connectivity index (χ3v) is 4.31. The summed E-state index contributed by atoms with van der Waals surface area (Å²) >= 11 is 0. The van der Waals surface area contributed by atoms with Gasteiger partial charge in [-0.1, -0.05) is 26.0 Å². The minimum Gasteiger partial charge on any atom is -0.497 e. The van der Waals surface area contributed by atoms with Crippen molar-refractivity contribution in [3.05, 3.63) is 29.8 Å². The van der Waals surface area contributed by atoms with Gasteiger partial charge in [0, 0.05) is 18.1 Å². The fourth-order valence-electron chi connectivity index (χ4n) is 2.52. The lowest BCUT2D eigenvalue weighted by Gasteiger charge is -2.36. The summed E-state index contributed by atoms with van der Waals surface area (Å²) in [5, 5.41) is 3.61. The van der Waals surface area contributed by atoms with E-state index >= 15 is 0 Å². The first-order valence-electron chi connectivity index (χ1n) is 7.64. The summed E-state index contributed by atoms with van der Waals surface area (Å²) < 4.78 is 5.24. The zero-order valence-electron chi connectivity index (χ0n) is 13.8. The quantitative estimate of drug-likeness (QED) is 0.788. The van der Waals surface area contributed by atoms with Crippen LogP contribution >= 0.6 is 0 Å². The van der Waals surface area contributed by atoms with Gasteiger partial charge in [0.2, 0.25) is 0 Å². The maximum absolute atomic E-state index is 5.24. The van der Waals surface area contributed by atoms with Crippen LogP contribution in [0.2, 0.25) is 0 Å². The monoisotopic (exact) mass is 278 g/mol. The van der Waals surface area contributed by atoms with Crippen LogP contribution in [0, 0.1) is 0 Å². The van der Waals surface area contributed by atoms with Gasteiger partial charge in [-0.15, -0.1) is 0 Å². The van der Waals surface area contributed by atoms with E-state index in [1.165, 1.54) is 12.0 Å². The van der Waals surface area contributed by atoms with Crippen LogP contribution in [-0.4, -0.2) is 37.7 Å². The Morgan fingerprint density at radius 2 is 1.75 bits per heavy atom. The normalized spacial score (nSPS) is 15.9. The molecule has 0 amide bonds. The van der Waals surface area contributed by atoms with E-state index in [0.29, 0.717) is 18.1 Å². The number of hydrogen-bond donors (Lipinski definition) is 1. The highest BCUT2D eigenvalue weighted by atomic mass is 16.5. The van der Waals surface area contributed by atoms with Crippen molar-refractivity contribution in [1.82, 2.24) is 10.2 Å². The molecule has 20 heavy (non-hydrogen) atoms. The Kier molecular flexibility index (Phi) is 7.03. The maximum Gasteiger partial charge on any atom is 0.118 e. The molecule has 3 atom stereocenters. The second kappa shape index (κ2) is 8.28. The third kappa shape index (κ3) is 4.22. The predicted octanol–water partition coefficient (Wildman–Crippen LogP) is 3.46. The standard InChI is InChI=1S/C17H30N2O/c1-7-13(3)19(5)14(4)17(18-8-2)15-9-11-16(20-6)12-10-15/h9-14,17-18H,7-8H2,1-6H3. The van der Waals surface area contributed by atoms with Crippen molar-refractivity contribution in [2.45, 2.75) is 52.2 Å². The summed E-state index contributed by atoms with van der Waals surface area (Å²) in [6, 6.07) is 9.76. The lowest BCUT2D eigenvalue weighted by Crippen LogP contribution is -2.44. The largest absolute Gasteiger partial charge is 0.497 e. The van der Waals surface area contributed by atoms with Gasteiger partial charge in [-0.05, 0) is 51.6 Å². The summed E-state index contributed by atoms with van der Waals surface area (Å²) in [7, 11) is 3.92. The van der Waals surface area contributed by atoms with E-state index < -0.39 is 0 Å². The highest BCUT2D eigenvalue weighted by Crippen LogP contribution is 2.24. The molecule has 0 aliphatic rings. The van der Waals surface area contributed by atoms with Crippen LogP contribution in [-0.2, 0) is 0 Å². The summed E-state index contributed by atoms with van der Waals surface area (Å²) in [5.74, 6) is 0.909. The molecular formula is C17H30N2O. The second-order valence-corrected chi connectivity index (χ2v) is 5.47. The summed E-state index contributed by atoms with van der Waals surface area (Å²) in [6.07, 6.45) is 1.17. The fourth-order valence-corrected chi connectivity index (χ4v) is 2.52. The molecule has 0 radical (unpaired) electrons. The molecule has 0 saturated carbocycles. The Labute approximate surface area is 124 Å². The van der Waals surface area contributed by atoms with E-state index in [4.69, 9.17) is 4.74 Å². The Hall–Kier alpha value is -1.06. The molecule has 1 aromatic carbocycles. The van der Waals surface area contributed by atoms with Crippen molar-refractivity contribution in [2.75, 3.05) is 20.7 Å². The molecule has 3 nitrogen and oxygen atoms in total. The van der Waals surface area contributed by atoms with Crippen molar-refractivity contribution in [3.8, 4) is 5.75 Å². The van der Waals surface area contributed by atoms with Crippen molar-refractivity contribution in [3.63, 3.8) is 0 Å². The predicted molar refractivity (Wildman–Crippen MR) is 86.4 cm³/mol. The van der Waals surface area contributed by atoms with Crippen LogP contribution < -0.4 is 10.1 Å². The van der Waals surface area contributed by atoms with Gasteiger partial charge in [0.15, 0.2) is 0 Å². The molecule has 0 heterocycles. The van der Waals surface area contributed by atoms with Gasteiger partial charge < -0.3 is 10.1 Å².